The number of carboxylic acids is 1. The van der Waals surface area contributed by atoms with Crippen molar-refractivity contribution in [2.75, 3.05) is 5.32 Å². The Morgan fingerprint density at radius 3 is 2.00 bits per heavy atom. The van der Waals surface area contributed by atoms with Gasteiger partial charge in [0.1, 0.15) is 5.41 Å². The summed E-state index contributed by atoms with van der Waals surface area (Å²) >= 11 is 0. The molecule has 0 unspecified atom stereocenters. The standard InChI is InChI=1S/C11H10F3NO3/c1-11(2,10(17)18)9(16)15-5-3-6(12)8(14)7(13)4-5/h3-4H,1-2H3,(H,15,16)(H,17,18). The number of halogens is 3. The Balaban J connectivity index is 3.00. The normalized spacial score (nSPS) is 11.2. The van der Waals surface area contributed by atoms with Crippen LogP contribution in [0.2, 0.25) is 0 Å². The molecular weight excluding hydrogens is 251 g/mol. The summed E-state index contributed by atoms with van der Waals surface area (Å²) in [6.07, 6.45) is 0. The monoisotopic (exact) mass is 261 g/mol. The molecule has 0 bridgehead atoms. The molecule has 0 saturated carbocycles. The summed E-state index contributed by atoms with van der Waals surface area (Å²) < 4.78 is 38.4. The van der Waals surface area contributed by atoms with Crippen LogP contribution in [-0.4, -0.2) is 17.0 Å². The highest BCUT2D eigenvalue weighted by molar-refractivity contribution is 6.07. The summed E-state index contributed by atoms with van der Waals surface area (Å²) in [5.41, 5.74) is -2.13. The maximum atomic E-state index is 12.9. The van der Waals surface area contributed by atoms with Crippen LogP contribution in [0.25, 0.3) is 0 Å². The van der Waals surface area contributed by atoms with Gasteiger partial charge in [0.25, 0.3) is 0 Å². The van der Waals surface area contributed by atoms with Crippen molar-refractivity contribution in [3.05, 3.63) is 29.6 Å². The predicted octanol–water partition coefficient (Wildman–Crippen LogP) is 2.15. The number of anilines is 1. The van der Waals surface area contributed by atoms with Gasteiger partial charge < -0.3 is 10.4 Å². The molecule has 0 aliphatic rings. The van der Waals surface area contributed by atoms with Gasteiger partial charge in [0.2, 0.25) is 5.91 Å². The van der Waals surface area contributed by atoms with Crippen molar-refractivity contribution in [1.29, 1.82) is 0 Å². The van der Waals surface area contributed by atoms with Crippen LogP contribution in [0, 0.1) is 22.9 Å². The van der Waals surface area contributed by atoms with Gasteiger partial charge in [-0.05, 0) is 13.8 Å². The van der Waals surface area contributed by atoms with Crippen molar-refractivity contribution in [2.24, 2.45) is 5.41 Å². The fourth-order valence-corrected chi connectivity index (χ4v) is 1.01. The first-order valence-corrected chi connectivity index (χ1v) is 4.85. The summed E-state index contributed by atoms with van der Waals surface area (Å²) in [6.45, 7) is 2.25. The molecule has 0 spiro atoms. The van der Waals surface area contributed by atoms with Gasteiger partial charge in [0.05, 0.1) is 0 Å². The number of carbonyl (C=O) groups is 2. The Kier molecular flexibility index (Phi) is 3.64. The molecule has 1 aromatic carbocycles. The average Bonchev–Trinajstić information content (AvgIpc) is 2.25. The molecule has 0 aliphatic heterocycles. The lowest BCUT2D eigenvalue weighted by atomic mass is 9.92. The Morgan fingerprint density at radius 2 is 1.61 bits per heavy atom. The number of hydrogen-bond acceptors (Lipinski definition) is 2. The average molecular weight is 261 g/mol. The number of benzene rings is 1. The fourth-order valence-electron chi connectivity index (χ4n) is 1.01. The molecule has 0 radical (unpaired) electrons. The Hall–Kier alpha value is -2.05. The minimum atomic E-state index is -1.78. The summed E-state index contributed by atoms with van der Waals surface area (Å²) in [7, 11) is 0. The van der Waals surface area contributed by atoms with Gasteiger partial charge in [-0.2, -0.15) is 0 Å². The third-order valence-electron chi connectivity index (χ3n) is 2.34. The lowest BCUT2D eigenvalue weighted by Gasteiger charge is -2.18. The van der Waals surface area contributed by atoms with E-state index in [-0.39, 0.29) is 5.69 Å². The molecule has 2 N–H and O–H groups in total. The van der Waals surface area contributed by atoms with E-state index in [4.69, 9.17) is 5.11 Å². The second kappa shape index (κ2) is 4.67. The van der Waals surface area contributed by atoms with E-state index in [2.05, 4.69) is 0 Å². The molecule has 4 nitrogen and oxygen atoms in total. The molecule has 7 heteroatoms. The van der Waals surface area contributed by atoms with Gasteiger partial charge in [-0.3, -0.25) is 9.59 Å². The Bertz CT molecular complexity index is 491. The van der Waals surface area contributed by atoms with Crippen LogP contribution >= 0.6 is 0 Å². The lowest BCUT2D eigenvalue weighted by molar-refractivity contribution is -0.151. The van der Waals surface area contributed by atoms with Crippen LogP contribution in [0.4, 0.5) is 18.9 Å². The van der Waals surface area contributed by atoms with Crippen LogP contribution in [0.5, 0.6) is 0 Å². The van der Waals surface area contributed by atoms with Gasteiger partial charge in [-0.25, -0.2) is 13.2 Å². The van der Waals surface area contributed by atoms with Crippen molar-refractivity contribution in [3.8, 4) is 0 Å². The maximum absolute atomic E-state index is 12.9. The second-order valence-corrected chi connectivity index (χ2v) is 4.14. The van der Waals surface area contributed by atoms with E-state index in [1.807, 2.05) is 5.32 Å². The maximum Gasteiger partial charge on any atom is 0.318 e. The number of rotatable bonds is 3. The first-order valence-electron chi connectivity index (χ1n) is 4.85. The van der Waals surface area contributed by atoms with Crippen LogP contribution in [-0.2, 0) is 9.59 Å². The third-order valence-corrected chi connectivity index (χ3v) is 2.34. The summed E-state index contributed by atoms with van der Waals surface area (Å²) in [5.74, 6) is -6.98. The molecule has 1 rings (SSSR count). The van der Waals surface area contributed by atoms with Crippen LogP contribution in [0.3, 0.4) is 0 Å². The van der Waals surface area contributed by atoms with Crippen molar-refractivity contribution in [1.82, 2.24) is 0 Å². The van der Waals surface area contributed by atoms with Crippen molar-refractivity contribution < 1.29 is 27.9 Å². The van der Waals surface area contributed by atoms with E-state index in [0.29, 0.717) is 12.1 Å². The number of aliphatic carboxylic acids is 1. The minimum Gasteiger partial charge on any atom is -0.480 e. The molecule has 0 saturated heterocycles. The zero-order valence-electron chi connectivity index (χ0n) is 9.55. The second-order valence-electron chi connectivity index (χ2n) is 4.14. The molecule has 0 fully saturated rings. The van der Waals surface area contributed by atoms with E-state index in [1.165, 1.54) is 0 Å². The zero-order chi connectivity index (χ0) is 14.1. The van der Waals surface area contributed by atoms with E-state index in [0.717, 1.165) is 13.8 Å². The number of carboxylic acid groups (broad SMARTS) is 1. The Morgan fingerprint density at radius 1 is 1.17 bits per heavy atom. The highest BCUT2D eigenvalue weighted by atomic mass is 19.2. The van der Waals surface area contributed by atoms with E-state index in [1.54, 1.807) is 0 Å². The fraction of sp³-hybridized carbons (Fsp3) is 0.273. The lowest BCUT2D eigenvalue weighted by Crippen LogP contribution is -2.37. The van der Waals surface area contributed by atoms with Crippen molar-refractivity contribution in [3.63, 3.8) is 0 Å². The summed E-state index contributed by atoms with van der Waals surface area (Å²) in [5, 5.41) is 10.8. The van der Waals surface area contributed by atoms with Gasteiger partial charge in [0, 0.05) is 17.8 Å². The molecule has 18 heavy (non-hydrogen) atoms. The van der Waals surface area contributed by atoms with E-state index >= 15 is 0 Å². The van der Waals surface area contributed by atoms with E-state index < -0.39 is 34.7 Å². The molecule has 0 atom stereocenters. The predicted molar refractivity (Wildman–Crippen MR) is 56.4 cm³/mol. The van der Waals surface area contributed by atoms with Gasteiger partial charge in [-0.15, -0.1) is 0 Å². The van der Waals surface area contributed by atoms with Gasteiger partial charge >= 0.3 is 5.97 Å². The number of hydrogen-bond donors (Lipinski definition) is 2. The number of nitrogens with one attached hydrogen (secondary N) is 1. The van der Waals surface area contributed by atoms with E-state index in [9.17, 15) is 22.8 Å². The Labute approximate surface area is 100 Å². The number of amides is 1. The summed E-state index contributed by atoms with van der Waals surface area (Å²) in [4.78, 5) is 22.3. The third kappa shape index (κ3) is 2.61. The van der Waals surface area contributed by atoms with Crippen molar-refractivity contribution >= 4 is 17.6 Å². The quantitative estimate of drug-likeness (QED) is 0.647. The highest BCUT2D eigenvalue weighted by Crippen LogP contribution is 2.21. The molecule has 0 aliphatic carbocycles. The van der Waals surface area contributed by atoms with Gasteiger partial charge in [-0.1, -0.05) is 0 Å². The first-order chi connectivity index (χ1) is 8.16. The van der Waals surface area contributed by atoms with Crippen LogP contribution in [0.15, 0.2) is 12.1 Å². The molecule has 1 amide bonds. The molecule has 1 aromatic rings. The zero-order valence-corrected chi connectivity index (χ0v) is 9.55. The van der Waals surface area contributed by atoms with Gasteiger partial charge in [0.15, 0.2) is 17.5 Å². The van der Waals surface area contributed by atoms with Crippen LogP contribution < -0.4 is 5.32 Å². The topological polar surface area (TPSA) is 66.4 Å². The van der Waals surface area contributed by atoms with Crippen molar-refractivity contribution in [2.45, 2.75) is 13.8 Å². The SMILES string of the molecule is CC(C)(C(=O)O)C(=O)Nc1cc(F)c(F)c(F)c1. The molecule has 0 aromatic heterocycles. The largest absolute Gasteiger partial charge is 0.480 e. The minimum absolute atomic E-state index is 0.356. The molecular formula is C11H10F3NO3. The number of carbonyl (C=O) groups excluding carboxylic acids is 1. The molecule has 98 valence electrons. The summed E-state index contributed by atoms with van der Waals surface area (Å²) in [6, 6.07) is 1.13. The smallest absolute Gasteiger partial charge is 0.318 e. The highest BCUT2D eigenvalue weighted by Gasteiger charge is 2.36. The first kappa shape index (κ1) is 14.0. The molecule has 0 heterocycles. The van der Waals surface area contributed by atoms with Crippen LogP contribution in [0.1, 0.15) is 13.8 Å².